The van der Waals surface area contributed by atoms with Gasteiger partial charge in [0.2, 0.25) is 0 Å². The smallest absolute Gasteiger partial charge is 0.437 e. The highest BCUT2D eigenvalue weighted by Gasteiger charge is 2.26. The van der Waals surface area contributed by atoms with Crippen molar-refractivity contribution in [3.63, 3.8) is 0 Å². The Morgan fingerprint density at radius 2 is 0.728 bits per heavy atom. The molecule has 0 aliphatic heterocycles. The van der Waals surface area contributed by atoms with Crippen molar-refractivity contribution in [1.29, 1.82) is 0 Å². The lowest BCUT2D eigenvalue weighted by Crippen LogP contribution is -2.28. The summed E-state index contributed by atoms with van der Waals surface area (Å²) in [6, 6.07) is 80.4. The number of esters is 3. The van der Waals surface area contributed by atoms with Gasteiger partial charge >= 0.3 is 41.9 Å². The van der Waals surface area contributed by atoms with E-state index in [-0.39, 0.29) is 68.2 Å². The van der Waals surface area contributed by atoms with Crippen LogP contribution in [0.3, 0.4) is 0 Å². The van der Waals surface area contributed by atoms with Crippen LogP contribution in [0.1, 0.15) is 170 Å². The van der Waals surface area contributed by atoms with E-state index in [2.05, 4.69) is 202 Å². The number of nitrogens with zero attached hydrogens (tertiary/aromatic N) is 5. The van der Waals surface area contributed by atoms with Crippen molar-refractivity contribution < 1.29 is 81.4 Å². The van der Waals surface area contributed by atoms with Crippen LogP contribution in [0.2, 0.25) is 0 Å². The number of thioether (sulfide) groups is 5. The Morgan fingerprint density at radius 1 is 0.397 bits per heavy atom. The summed E-state index contributed by atoms with van der Waals surface area (Å²) in [5.41, 5.74) is 18.1. The molecule has 14 rings (SSSR count). The topological polar surface area (TPSA) is 423 Å². The fourth-order valence-corrected chi connectivity index (χ4v) is 18.1. The molecule has 0 aliphatic rings. The molecule has 37 heteroatoms. The SMILES string of the molecule is COC(=O)c1[nH]nc(NC(=O)c2ccccc2CSc2cccc(C)c2)c1Br.COC(=O)c1cc(N)n(C(=O)OC(C)(C)C)n1.COC(=O)c1cc(NC(=O)c2ccccc2CSc2cccc(C)c2)n[nH]1.Cc1cccc(SCc2ccccc2C(=O)Nc2n[nH]c(C(=O)O)c2Br)c1.Cc1cccc(SCc2ccccc2C(=O)O)c1.Cc1cccc(SCc2ccccc2C(=O)OCl)c1. The van der Waals surface area contributed by atoms with Crippen LogP contribution >= 0.6 is 103 Å². The first-order valence-electron chi connectivity index (χ1n) is 41.1. The maximum atomic E-state index is 12.8. The molecule has 4 aromatic heterocycles. The normalized spacial score (nSPS) is 10.5. The summed E-state index contributed by atoms with van der Waals surface area (Å²) in [6.45, 7) is 15.4. The summed E-state index contributed by atoms with van der Waals surface area (Å²) in [7, 11) is 3.77. The van der Waals surface area contributed by atoms with Crippen LogP contribution in [0.15, 0.2) is 288 Å². The lowest BCUT2D eigenvalue weighted by atomic mass is 10.1. The number of carboxylic acids is 2. The van der Waals surface area contributed by atoms with Crippen LogP contribution < -0.4 is 21.7 Å². The lowest BCUT2D eigenvalue weighted by molar-refractivity contribution is 0.0510. The Kier molecular flexibility index (Phi) is 41.4. The molecule has 3 amide bonds. The van der Waals surface area contributed by atoms with Crippen LogP contribution in [-0.2, 0) is 52.0 Å². The minimum atomic E-state index is -1.16. The molecular weight excluding hydrogens is 1980 g/mol. The number of H-pyrrole nitrogens is 3. The third-order valence-corrected chi connectivity index (χ3v) is 25.6. The van der Waals surface area contributed by atoms with Gasteiger partial charge < -0.3 is 55.1 Å². The number of nitrogen functional groups attached to an aromatic ring is 1. The van der Waals surface area contributed by atoms with Crippen molar-refractivity contribution >= 4 is 185 Å². The highest BCUT2D eigenvalue weighted by Crippen LogP contribution is 2.34. The average molecular weight is 2080 g/mol. The maximum Gasteiger partial charge on any atom is 0.437 e. The van der Waals surface area contributed by atoms with Gasteiger partial charge in [-0.1, -0.05) is 179 Å². The van der Waals surface area contributed by atoms with Gasteiger partial charge in [-0.15, -0.1) is 63.5 Å². The van der Waals surface area contributed by atoms with Gasteiger partial charge in [0.1, 0.15) is 29.0 Å². The fourth-order valence-electron chi connectivity index (χ4n) is 12.1. The zero-order valence-electron chi connectivity index (χ0n) is 75.3. The Bertz CT molecular complexity index is 6560. The van der Waals surface area contributed by atoms with E-state index in [1.807, 2.05) is 128 Å². The zero-order chi connectivity index (χ0) is 98.5. The summed E-state index contributed by atoms with van der Waals surface area (Å²) in [5.74, 6) is -1.28. The molecule has 0 unspecified atom stereocenters. The molecule has 0 spiro atoms. The second-order valence-electron chi connectivity index (χ2n) is 30.2. The predicted molar refractivity (Wildman–Crippen MR) is 538 cm³/mol. The number of methoxy groups -OCH3 is 3. The first kappa shape index (κ1) is 106. The minimum Gasteiger partial charge on any atom is -0.478 e. The fraction of sp³-hybridized carbons (Fsp3) is 0.172. The number of carbonyl (C=O) groups is 10. The number of aromatic nitrogens is 8. The van der Waals surface area contributed by atoms with Gasteiger partial charge in [-0.2, -0.15) is 20.4 Å². The molecule has 4 heterocycles. The zero-order valence-corrected chi connectivity index (χ0v) is 83.3. The summed E-state index contributed by atoms with van der Waals surface area (Å²) in [6.07, 6.45) is -0.745. The molecule has 136 heavy (non-hydrogen) atoms. The number of carbonyl (C=O) groups excluding carboxylic acids is 8. The van der Waals surface area contributed by atoms with Crippen LogP contribution in [0.25, 0.3) is 0 Å². The van der Waals surface area contributed by atoms with Crippen molar-refractivity contribution in [3.8, 4) is 0 Å². The molecule has 10 N–H and O–H groups in total. The number of halogens is 3. The number of anilines is 4. The van der Waals surface area contributed by atoms with Crippen LogP contribution in [0.4, 0.5) is 28.1 Å². The quantitative estimate of drug-likeness (QED) is 0.0131. The van der Waals surface area contributed by atoms with Crippen molar-refractivity contribution in [2.75, 3.05) is 43.0 Å². The number of hydrogen-bond donors (Lipinski definition) is 9. The molecule has 0 saturated carbocycles. The Balaban J connectivity index is 0.000000185. The van der Waals surface area contributed by atoms with Gasteiger partial charge in [-0.05, 0) is 206 Å². The van der Waals surface area contributed by atoms with Crippen molar-refractivity contribution in [1.82, 2.24) is 40.4 Å². The molecule has 0 bridgehead atoms. The predicted octanol–water partition coefficient (Wildman–Crippen LogP) is 23.2. The van der Waals surface area contributed by atoms with E-state index in [0.717, 1.165) is 52.1 Å². The molecule has 29 nitrogen and oxygen atoms in total. The van der Waals surface area contributed by atoms with Crippen LogP contribution in [-0.4, -0.2) is 137 Å². The van der Waals surface area contributed by atoms with E-state index in [9.17, 15) is 47.9 Å². The highest BCUT2D eigenvalue weighted by atomic mass is 79.9. The van der Waals surface area contributed by atoms with E-state index < -0.39 is 47.5 Å². The molecule has 0 radical (unpaired) electrons. The van der Waals surface area contributed by atoms with E-state index in [1.165, 1.54) is 66.2 Å². The molecule has 0 fully saturated rings. The van der Waals surface area contributed by atoms with E-state index in [4.69, 9.17) is 32.5 Å². The minimum absolute atomic E-state index is 0.0136. The third-order valence-electron chi connectivity index (χ3n) is 18.7. The van der Waals surface area contributed by atoms with Gasteiger partial charge in [0.05, 0.1) is 41.4 Å². The summed E-state index contributed by atoms with van der Waals surface area (Å²) in [5, 5.41) is 49.2. The van der Waals surface area contributed by atoms with Gasteiger partial charge in [-0.25, -0.2) is 33.6 Å². The summed E-state index contributed by atoms with van der Waals surface area (Å²) in [4.78, 5) is 124. The monoisotopic (exact) mass is 2080 g/mol. The van der Waals surface area contributed by atoms with Crippen molar-refractivity contribution in [3.05, 3.63) is 370 Å². The number of carboxylic acid groups (broad SMARTS) is 2. The summed E-state index contributed by atoms with van der Waals surface area (Å²) < 4.78 is 24.4. The number of nitrogens with one attached hydrogen (secondary N) is 6. The first-order valence-corrected chi connectivity index (χ1v) is 47.9. The number of aromatic amines is 3. The van der Waals surface area contributed by atoms with Gasteiger partial charge in [0.25, 0.3) is 17.7 Å². The number of benzene rings is 10. The molecule has 10 aromatic carbocycles. The van der Waals surface area contributed by atoms with E-state index in [1.54, 1.807) is 128 Å². The van der Waals surface area contributed by atoms with Crippen molar-refractivity contribution in [2.24, 2.45) is 0 Å². The molecule has 0 aliphatic carbocycles. The molecule has 704 valence electrons. The number of aryl methyl sites for hydroxylation is 5. The average Bonchev–Trinajstić information content (AvgIpc) is 1.67. The third kappa shape index (κ3) is 33.0. The number of amides is 3. The first-order chi connectivity index (χ1) is 65.1. The Morgan fingerprint density at radius 3 is 1.07 bits per heavy atom. The van der Waals surface area contributed by atoms with Gasteiger partial charge in [0, 0.05) is 82.1 Å². The number of ether oxygens (including phenoxy) is 4. The van der Waals surface area contributed by atoms with Gasteiger partial charge in [0.15, 0.2) is 34.5 Å². The van der Waals surface area contributed by atoms with Crippen molar-refractivity contribution in [2.45, 2.75) is 114 Å². The maximum absolute atomic E-state index is 12.8. The Hall–Kier alpha value is -13.5. The van der Waals surface area contributed by atoms with Gasteiger partial charge in [-0.3, -0.25) is 29.7 Å². The van der Waals surface area contributed by atoms with Crippen LogP contribution in [0, 0.1) is 34.6 Å². The number of rotatable bonds is 27. The largest absolute Gasteiger partial charge is 0.478 e. The number of nitrogens with two attached hydrogens (primary N) is 1. The standard InChI is InChI=1S/C20H18BrN3O3S.C20H19N3O3S.C19H16BrN3O3S.C15H13ClO2S.C15H14O2S.C10H15N3O4/c1-12-6-5-8-14(10-12)28-11-13-7-3-4-9-15(13)19(25)22-18-16(21)17(23-24-18)20(26)27-2;1-13-6-5-8-15(10-13)27-12-14-7-3-4-9-16(14)19(24)21-18-11-17(22-23-18)20(25)26-2;1-11-5-4-7-13(9-11)27-10-12-6-2-3-8-14(12)18(24)21-17-15(20)16(19(25)26)22-23-17;1-11-5-4-7-13(9-11)19-10-12-6-2-3-8-14(12)15(17)18-16;1-11-5-4-7-13(9-11)18-10-12-6-2-3-8-14(12)15(16)17;1-10(2,3)17-9(15)13-7(11)5-6(12-13)8(14)16-4/h3-10H,11H2,1-2H3,(H2,22,23,24,25);3-11H,12H2,1-2H3,(H2,21,22,23,24);2-9H,10H2,1H3,(H,25,26)(H2,21,22,23,24);2-9H,10H2,1H3;2-9H,10H2,1H3,(H,16,17);5H,11H2,1-4H3. The lowest BCUT2D eigenvalue weighted by Gasteiger charge is -2.19. The van der Waals surface area contributed by atoms with Crippen LogP contribution in [0.5, 0.6) is 0 Å². The molecule has 0 saturated heterocycles. The number of hydrogen-bond acceptors (Lipinski definition) is 25. The molecule has 0 atom stereocenters. The second-order valence-corrected chi connectivity index (χ2v) is 37.1. The summed E-state index contributed by atoms with van der Waals surface area (Å²) >= 11 is 19.9. The highest BCUT2D eigenvalue weighted by molar-refractivity contribution is 9.11. The Labute approximate surface area is 827 Å². The number of aromatic carboxylic acids is 2. The van der Waals surface area contributed by atoms with E-state index in [0.29, 0.717) is 61.1 Å². The molecule has 14 aromatic rings. The molecular formula is C99H95Br2ClN12O17S5. The second kappa shape index (κ2) is 53.0. The van der Waals surface area contributed by atoms with E-state index >= 15 is 0 Å².